The topological polar surface area (TPSA) is 112 Å². The molecule has 9 nitrogen and oxygen atoms in total. The molecule has 3 aromatic rings. The number of ether oxygens (including phenoxy) is 1. The Balaban J connectivity index is 1.65. The Labute approximate surface area is 279 Å². The number of anilines is 3. The SMILES string of the molecule is C=CC(=O)N1[C@H](C)CN(C2=C(C#N)C3OC(C)c4nccc(C)c4N3c3nc(-c4c(F)c(N)c(Cl)c(F)c4Cl)c(Cl)cc32)C[C@@H]1C. The first-order valence-electron chi connectivity index (χ1n) is 14.4. The van der Waals surface area contributed by atoms with Crippen molar-refractivity contribution in [3.63, 3.8) is 0 Å². The highest BCUT2D eigenvalue weighted by molar-refractivity contribution is 6.39. The molecule has 4 atom stereocenters. The van der Waals surface area contributed by atoms with E-state index >= 15 is 8.78 Å². The van der Waals surface area contributed by atoms with E-state index in [1.807, 2.05) is 38.7 Å². The van der Waals surface area contributed by atoms with Gasteiger partial charge in [-0.15, -0.1) is 0 Å². The summed E-state index contributed by atoms with van der Waals surface area (Å²) in [6, 6.07) is 5.22. The molecule has 1 saturated heterocycles. The van der Waals surface area contributed by atoms with Gasteiger partial charge in [0.1, 0.15) is 28.6 Å². The van der Waals surface area contributed by atoms with E-state index in [1.54, 1.807) is 22.1 Å². The van der Waals surface area contributed by atoms with E-state index in [4.69, 9.17) is 50.3 Å². The van der Waals surface area contributed by atoms with Crippen LogP contribution in [0.25, 0.3) is 17.0 Å². The Morgan fingerprint density at radius 1 is 1.17 bits per heavy atom. The molecule has 0 aliphatic carbocycles. The van der Waals surface area contributed by atoms with Gasteiger partial charge in [0.2, 0.25) is 5.91 Å². The van der Waals surface area contributed by atoms with Crippen LogP contribution in [0.2, 0.25) is 15.1 Å². The van der Waals surface area contributed by atoms with E-state index in [9.17, 15) is 10.1 Å². The number of nitrogen functional groups attached to an aromatic ring is 1. The van der Waals surface area contributed by atoms with Crippen molar-refractivity contribution in [1.82, 2.24) is 19.8 Å². The number of aromatic nitrogens is 2. The minimum absolute atomic E-state index is 0.0788. The summed E-state index contributed by atoms with van der Waals surface area (Å²) < 4.78 is 37.2. The first-order valence-corrected chi connectivity index (χ1v) is 15.5. The van der Waals surface area contributed by atoms with Crippen LogP contribution in [0.15, 0.2) is 36.6 Å². The predicted molar refractivity (Wildman–Crippen MR) is 174 cm³/mol. The number of rotatable bonds is 3. The molecular weight excluding hydrogens is 659 g/mol. The number of hydrogen-bond donors (Lipinski definition) is 1. The van der Waals surface area contributed by atoms with Crippen LogP contribution < -0.4 is 10.6 Å². The highest BCUT2D eigenvalue weighted by Crippen LogP contribution is 2.52. The van der Waals surface area contributed by atoms with Crippen LogP contribution in [-0.2, 0) is 9.53 Å². The second-order valence-electron chi connectivity index (χ2n) is 11.5. The van der Waals surface area contributed by atoms with E-state index in [1.165, 1.54) is 6.08 Å². The standard InChI is InChI=1S/C32H28Cl3F2N7O2/c1-6-20(45)43-14(3)11-42(12-15(43)4)30-17-9-19(33)28(21-22(34)25(37)23(35)26(39)24(21)36)41-31(17)44-29-13(2)7-8-40-27(29)16(5)46-32(44)18(30)10-38/h6-9,14-16,32H,1,11-12,39H2,2-5H3/t14-,15+,16?,32?. The zero-order valence-corrected chi connectivity index (χ0v) is 27.5. The zero-order chi connectivity index (χ0) is 33.4. The van der Waals surface area contributed by atoms with Crippen LogP contribution in [-0.4, -0.2) is 57.1 Å². The fraction of sp³-hybridized carbons (Fsp3) is 0.312. The Hall–Kier alpha value is -3.95. The van der Waals surface area contributed by atoms with Gasteiger partial charge in [-0.2, -0.15) is 5.26 Å². The van der Waals surface area contributed by atoms with Crippen molar-refractivity contribution < 1.29 is 18.3 Å². The predicted octanol–water partition coefficient (Wildman–Crippen LogP) is 7.18. The third-order valence-corrected chi connectivity index (χ3v) is 9.62. The van der Waals surface area contributed by atoms with Crippen molar-refractivity contribution in [2.45, 2.75) is 52.1 Å². The summed E-state index contributed by atoms with van der Waals surface area (Å²) in [6.45, 7) is 11.9. The van der Waals surface area contributed by atoms with E-state index in [0.29, 0.717) is 35.7 Å². The van der Waals surface area contributed by atoms with Crippen LogP contribution in [0.3, 0.4) is 0 Å². The number of carbonyl (C=O) groups is 1. The van der Waals surface area contributed by atoms with Crippen LogP contribution in [0, 0.1) is 29.9 Å². The van der Waals surface area contributed by atoms with Gasteiger partial charge in [0.25, 0.3) is 0 Å². The third-order valence-electron chi connectivity index (χ3n) is 8.61. The molecule has 5 heterocycles. The van der Waals surface area contributed by atoms with Gasteiger partial charge in [-0.25, -0.2) is 13.8 Å². The summed E-state index contributed by atoms with van der Waals surface area (Å²) in [5, 5.41) is 9.33. The molecule has 2 N–H and O–H groups in total. The van der Waals surface area contributed by atoms with Gasteiger partial charge in [-0.3, -0.25) is 14.7 Å². The van der Waals surface area contributed by atoms with Gasteiger partial charge in [0.05, 0.1) is 44.1 Å². The summed E-state index contributed by atoms with van der Waals surface area (Å²) in [5.41, 5.74) is 7.81. The minimum Gasteiger partial charge on any atom is -0.395 e. The highest BCUT2D eigenvalue weighted by atomic mass is 35.5. The smallest absolute Gasteiger partial charge is 0.246 e. The quantitative estimate of drug-likeness (QED) is 0.134. The van der Waals surface area contributed by atoms with Crippen LogP contribution in [0.5, 0.6) is 0 Å². The number of benzene rings is 1. The lowest BCUT2D eigenvalue weighted by Crippen LogP contribution is -2.58. The molecule has 0 spiro atoms. The minimum atomic E-state index is -1.12. The number of piperazine rings is 1. The lowest BCUT2D eigenvalue weighted by atomic mass is 9.93. The van der Waals surface area contributed by atoms with E-state index < -0.39 is 45.3 Å². The maximum Gasteiger partial charge on any atom is 0.246 e. The maximum atomic E-state index is 15.7. The molecule has 1 fully saturated rings. The molecule has 14 heteroatoms. The van der Waals surface area contributed by atoms with E-state index in [0.717, 1.165) is 5.56 Å². The first kappa shape index (κ1) is 32.0. The molecule has 6 rings (SSSR count). The molecule has 0 bridgehead atoms. The van der Waals surface area contributed by atoms with Gasteiger partial charge in [0, 0.05) is 36.9 Å². The molecular formula is C32H28Cl3F2N7O2. The van der Waals surface area contributed by atoms with Crippen molar-refractivity contribution in [2.24, 2.45) is 0 Å². The lowest BCUT2D eigenvalue weighted by Gasteiger charge is -2.49. The molecule has 1 aromatic carbocycles. The van der Waals surface area contributed by atoms with Gasteiger partial charge in [-0.1, -0.05) is 41.4 Å². The first-order chi connectivity index (χ1) is 21.8. The summed E-state index contributed by atoms with van der Waals surface area (Å²) >= 11 is 19.0. The van der Waals surface area contributed by atoms with Gasteiger partial charge < -0.3 is 20.3 Å². The highest BCUT2D eigenvalue weighted by Gasteiger charge is 2.46. The van der Waals surface area contributed by atoms with Crippen molar-refractivity contribution in [3.05, 3.63) is 80.1 Å². The molecule has 46 heavy (non-hydrogen) atoms. The number of nitriles is 1. The van der Waals surface area contributed by atoms with Crippen molar-refractivity contribution in [3.8, 4) is 17.3 Å². The second kappa shape index (κ2) is 11.7. The number of fused-ring (bicyclic) bond motifs is 5. The monoisotopic (exact) mass is 685 g/mol. The number of nitrogens with two attached hydrogens (primary N) is 1. The summed E-state index contributed by atoms with van der Waals surface area (Å²) in [5.74, 6) is -2.15. The second-order valence-corrected chi connectivity index (χ2v) is 12.7. The number of carbonyl (C=O) groups excluding carboxylic acids is 1. The number of hydrogen-bond acceptors (Lipinski definition) is 8. The lowest BCUT2D eigenvalue weighted by molar-refractivity contribution is -0.132. The number of nitrogens with zero attached hydrogens (tertiary/aromatic N) is 6. The van der Waals surface area contributed by atoms with E-state index in [2.05, 4.69) is 17.6 Å². The number of pyridine rings is 2. The van der Waals surface area contributed by atoms with Gasteiger partial charge in [-0.05, 0) is 51.5 Å². The fourth-order valence-corrected chi connectivity index (χ4v) is 7.40. The average molecular weight is 687 g/mol. The van der Waals surface area contributed by atoms with Gasteiger partial charge in [0.15, 0.2) is 17.9 Å². The number of halogens is 5. The normalized spacial score (nSPS) is 22.2. The summed E-state index contributed by atoms with van der Waals surface area (Å²) in [7, 11) is 0. The Bertz CT molecular complexity index is 1870. The molecule has 0 radical (unpaired) electrons. The van der Waals surface area contributed by atoms with Crippen molar-refractivity contribution in [2.75, 3.05) is 23.7 Å². The molecule has 0 saturated carbocycles. The Morgan fingerprint density at radius 3 is 2.48 bits per heavy atom. The molecule has 3 aliphatic rings. The maximum absolute atomic E-state index is 15.7. The largest absolute Gasteiger partial charge is 0.395 e. The fourth-order valence-electron chi connectivity index (χ4n) is 6.66. The van der Waals surface area contributed by atoms with E-state index in [-0.39, 0.29) is 40.1 Å². The van der Waals surface area contributed by atoms with Crippen LogP contribution in [0.4, 0.5) is 26.0 Å². The van der Waals surface area contributed by atoms with Crippen molar-refractivity contribution >= 4 is 63.6 Å². The molecule has 3 aliphatic heterocycles. The van der Waals surface area contributed by atoms with Crippen molar-refractivity contribution in [1.29, 1.82) is 5.26 Å². The Morgan fingerprint density at radius 2 is 1.85 bits per heavy atom. The molecule has 238 valence electrons. The van der Waals surface area contributed by atoms with Crippen LogP contribution >= 0.6 is 34.8 Å². The summed E-state index contributed by atoms with van der Waals surface area (Å²) in [6.07, 6.45) is 1.47. The third kappa shape index (κ3) is 4.70. The number of aryl methyl sites for hydroxylation is 1. The Kier molecular flexibility index (Phi) is 8.13. The number of amides is 1. The molecule has 2 unspecified atom stereocenters. The summed E-state index contributed by atoms with van der Waals surface area (Å²) in [4.78, 5) is 27.5. The average Bonchev–Trinajstić information content (AvgIpc) is 3.02. The van der Waals surface area contributed by atoms with Crippen LogP contribution in [0.1, 0.15) is 43.7 Å². The molecule has 1 amide bonds. The molecule has 2 aromatic heterocycles. The zero-order valence-electron chi connectivity index (χ0n) is 25.2. The van der Waals surface area contributed by atoms with Gasteiger partial charge >= 0.3 is 0 Å².